The fourth-order valence-corrected chi connectivity index (χ4v) is 3.37. The summed E-state index contributed by atoms with van der Waals surface area (Å²) in [5, 5.41) is 1.91. The molecule has 0 N–H and O–H groups in total. The average molecular weight is 407 g/mol. The number of aromatic nitrogens is 2. The monoisotopic (exact) mass is 406 g/mol. The van der Waals surface area contributed by atoms with Gasteiger partial charge < -0.3 is 0 Å². The molecule has 0 spiro atoms. The summed E-state index contributed by atoms with van der Waals surface area (Å²) >= 11 is 12.1. The van der Waals surface area contributed by atoms with Gasteiger partial charge in [0.15, 0.2) is 0 Å². The molecule has 3 nitrogen and oxygen atoms in total. The van der Waals surface area contributed by atoms with Gasteiger partial charge >= 0.3 is 0 Å². The first-order valence-corrected chi connectivity index (χ1v) is 9.53. The Balaban J connectivity index is 1.83. The number of nitrogens with zero attached hydrogens (tertiary/aromatic N) is 2. The van der Waals surface area contributed by atoms with Gasteiger partial charge in [-0.25, -0.2) is 4.98 Å². The third kappa shape index (κ3) is 4.01. The van der Waals surface area contributed by atoms with Crippen molar-refractivity contribution in [2.24, 2.45) is 0 Å². The van der Waals surface area contributed by atoms with Crippen LogP contribution in [0.2, 0.25) is 10.0 Å². The molecule has 3 aromatic carbocycles. The van der Waals surface area contributed by atoms with Crippen molar-refractivity contribution in [1.29, 1.82) is 0 Å². The summed E-state index contributed by atoms with van der Waals surface area (Å²) in [5.41, 5.74) is 2.50. The van der Waals surface area contributed by atoms with E-state index in [1.807, 2.05) is 78.9 Å². The molecule has 0 fully saturated rings. The van der Waals surface area contributed by atoms with Crippen LogP contribution in [-0.4, -0.2) is 9.55 Å². The van der Waals surface area contributed by atoms with Gasteiger partial charge in [-0.3, -0.25) is 9.36 Å². The number of fused-ring (bicyclic) bond motifs is 1. The lowest BCUT2D eigenvalue weighted by atomic mass is 10.2. The van der Waals surface area contributed by atoms with E-state index in [4.69, 9.17) is 28.2 Å². The summed E-state index contributed by atoms with van der Waals surface area (Å²) < 4.78 is 1.67. The van der Waals surface area contributed by atoms with Crippen LogP contribution in [0.3, 0.4) is 0 Å². The minimum Gasteiger partial charge on any atom is -0.288 e. The first kappa shape index (κ1) is 18.5. The van der Waals surface area contributed by atoms with E-state index in [1.165, 1.54) is 0 Å². The van der Waals surface area contributed by atoms with Crippen LogP contribution in [0.15, 0.2) is 77.6 Å². The van der Waals surface area contributed by atoms with Crippen LogP contribution in [0.1, 0.15) is 17.0 Å². The van der Waals surface area contributed by atoms with Gasteiger partial charge in [-0.2, -0.15) is 0 Å². The summed E-state index contributed by atoms with van der Waals surface area (Å²) in [7, 11) is 0. The Labute approximate surface area is 172 Å². The van der Waals surface area contributed by atoms with Crippen LogP contribution in [-0.2, 0) is 6.54 Å². The highest BCUT2D eigenvalue weighted by Crippen LogP contribution is 2.16. The molecule has 4 aromatic rings. The lowest BCUT2D eigenvalue weighted by molar-refractivity contribution is 0.738. The van der Waals surface area contributed by atoms with Crippen LogP contribution in [0.25, 0.3) is 23.1 Å². The Kier molecular flexibility index (Phi) is 5.29. The Morgan fingerprint density at radius 2 is 1.64 bits per heavy atom. The number of hydrogen-bond acceptors (Lipinski definition) is 2. The van der Waals surface area contributed by atoms with Gasteiger partial charge in [-0.1, -0.05) is 65.7 Å². The quantitative estimate of drug-likeness (QED) is 0.421. The molecule has 0 amide bonds. The summed E-state index contributed by atoms with van der Waals surface area (Å²) in [6.07, 6.45) is 3.77. The molecule has 0 atom stereocenters. The van der Waals surface area contributed by atoms with Gasteiger partial charge in [0.05, 0.1) is 17.4 Å². The standard InChI is InChI=1S/C23H16Cl2N2O/c24-18-11-8-16(9-12-18)10-13-22-26-21-7-2-1-6-20(21)23(28)27(22)15-17-4-3-5-19(25)14-17/h1-14H,15H2/b13-10+. The highest BCUT2D eigenvalue weighted by Gasteiger charge is 2.10. The summed E-state index contributed by atoms with van der Waals surface area (Å²) in [4.78, 5) is 17.8. The van der Waals surface area contributed by atoms with Gasteiger partial charge in [0.2, 0.25) is 0 Å². The maximum absolute atomic E-state index is 13.1. The van der Waals surface area contributed by atoms with Crippen LogP contribution >= 0.6 is 23.2 Å². The lowest BCUT2D eigenvalue weighted by Crippen LogP contribution is -2.24. The number of benzene rings is 3. The number of hydrogen-bond donors (Lipinski definition) is 0. The van der Waals surface area contributed by atoms with E-state index in [0.29, 0.717) is 33.3 Å². The van der Waals surface area contributed by atoms with Crippen molar-refractivity contribution in [3.63, 3.8) is 0 Å². The summed E-state index contributed by atoms with van der Waals surface area (Å²) in [6.45, 7) is 0.386. The zero-order valence-corrected chi connectivity index (χ0v) is 16.4. The van der Waals surface area contributed by atoms with E-state index in [9.17, 15) is 4.79 Å². The Bertz CT molecular complexity index is 1230. The molecular formula is C23H16Cl2N2O. The molecule has 0 unspecified atom stereocenters. The minimum atomic E-state index is -0.0821. The van der Waals surface area contributed by atoms with Crippen LogP contribution in [0, 0.1) is 0 Å². The van der Waals surface area contributed by atoms with E-state index in [1.54, 1.807) is 10.6 Å². The molecule has 0 saturated heterocycles. The van der Waals surface area contributed by atoms with Gasteiger partial charge in [0.25, 0.3) is 5.56 Å². The van der Waals surface area contributed by atoms with E-state index < -0.39 is 0 Å². The molecule has 1 aromatic heterocycles. The molecule has 138 valence electrons. The van der Waals surface area contributed by atoms with Crippen molar-refractivity contribution in [3.8, 4) is 0 Å². The lowest BCUT2D eigenvalue weighted by Gasteiger charge is -2.12. The Morgan fingerprint density at radius 3 is 2.43 bits per heavy atom. The van der Waals surface area contributed by atoms with Crippen molar-refractivity contribution >= 4 is 46.3 Å². The zero-order valence-electron chi connectivity index (χ0n) is 14.8. The average Bonchev–Trinajstić information content (AvgIpc) is 2.70. The Hall–Kier alpha value is -2.88. The predicted molar refractivity (Wildman–Crippen MR) is 117 cm³/mol. The largest absolute Gasteiger partial charge is 0.288 e. The van der Waals surface area contributed by atoms with Crippen LogP contribution < -0.4 is 5.56 Å². The van der Waals surface area contributed by atoms with E-state index in [2.05, 4.69) is 0 Å². The molecule has 1 heterocycles. The van der Waals surface area contributed by atoms with Crippen molar-refractivity contribution in [2.75, 3.05) is 0 Å². The second-order valence-corrected chi connectivity index (χ2v) is 7.27. The first-order valence-electron chi connectivity index (χ1n) is 8.78. The van der Waals surface area contributed by atoms with E-state index in [-0.39, 0.29) is 5.56 Å². The molecule has 5 heteroatoms. The molecule has 0 saturated carbocycles. The highest BCUT2D eigenvalue weighted by molar-refractivity contribution is 6.30. The molecule has 28 heavy (non-hydrogen) atoms. The molecular weight excluding hydrogens is 391 g/mol. The highest BCUT2D eigenvalue weighted by atomic mass is 35.5. The summed E-state index contributed by atoms with van der Waals surface area (Å²) in [5.74, 6) is 0.582. The molecule has 0 aliphatic carbocycles. The number of rotatable bonds is 4. The number of halogens is 2. The molecule has 0 aliphatic heterocycles. The number of para-hydroxylation sites is 1. The zero-order chi connectivity index (χ0) is 19.5. The van der Waals surface area contributed by atoms with Crippen molar-refractivity contribution < 1.29 is 0 Å². The van der Waals surface area contributed by atoms with E-state index in [0.717, 1.165) is 11.1 Å². The minimum absolute atomic E-state index is 0.0821. The van der Waals surface area contributed by atoms with Gasteiger partial charge in [-0.05, 0) is 53.6 Å². The van der Waals surface area contributed by atoms with Crippen molar-refractivity contribution in [2.45, 2.75) is 6.54 Å². The predicted octanol–water partition coefficient (Wildman–Crippen LogP) is 5.92. The van der Waals surface area contributed by atoms with Gasteiger partial charge in [0, 0.05) is 10.0 Å². The maximum Gasteiger partial charge on any atom is 0.261 e. The fourth-order valence-electron chi connectivity index (χ4n) is 3.03. The van der Waals surface area contributed by atoms with Crippen LogP contribution in [0.5, 0.6) is 0 Å². The van der Waals surface area contributed by atoms with E-state index >= 15 is 0 Å². The molecule has 0 aliphatic rings. The van der Waals surface area contributed by atoms with Crippen molar-refractivity contribution in [3.05, 3.63) is 110 Å². The fraction of sp³-hybridized carbons (Fsp3) is 0.0435. The van der Waals surface area contributed by atoms with Crippen LogP contribution in [0.4, 0.5) is 0 Å². The SMILES string of the molecule is O=c1c2ccccc2nc(/C=C/c2ccc(Cl)cc2)n1Cc1cccc(Cl)c1. The van der Waals surface area contributed by atoms with Gasteiger partial charge in [-0.15, -0.1) is 0 Å². The first-order chi connectivity index (χ1) is 13.6. The third-order valence-corrected chi connectivity index (χ3v) is 4.90. The topological polar surface area (TPSA) is 34.9 Å². The smallest absolute Gasteiger partial charge is 0.261 e. The molecule has 4 rings (SSSR count). The maximum atomic E-state index is 13.1. The molecule has 0 bridgehead atoms. The molecule has 0 radical (unpaired) electrons. The Morgan fingerprint density at radius 1 is 0.857 bits per heavy atom. The second-order valence-electron chi connectivity index (χ2n) is 6.39. The van der Waals surface area contributed by atoms with Gasteiger partial charge in [0.1, 0.15) is 5.82 Å². The van der Waals surface area contributed by atoms with Crippen molar-refractivity contribution in [1.82, 2.24) is 9.55 Å². The summed E-state index contributed by atoms with van der Waals surface area (Å²) in [6, 6.07) is 22.3. The third-order valence-electron chi connectivity index (χ3n) is 4.42. The normalized spacial score (nSPS) is 11.4. The second kappa shape index (κ2) is 8.01.